The SMILES string of the molecule is Cc1ncc([N+](=O)[O-])n1CC(O)CN1CCOCC1. The van der Waals surface area contributed by atoms with E-state index >= 15 is 0 Å². The summed E-state index contributed by atoms with van der Waals surface area (Å²) in [6.45, 7) is 5.24. The van der Waals surface area contributed by atoms with E-state index in [4.69, 9.17) is 4.74 Å². The molecule has 1 atom stereocenters. The number of hydrogen-bond acceptors (Lipinski definition) is 6. The van der Waals surface area contributed by atoms with Gasteiger partial charge in [-0.2, -0.15) is 0 Å². The Bertz CT molecular complexity index is 442. The van der Waals surface area contributed by atoms with Gasteiger partial charge in [-0.15, -0.1) is 0 Å². The van der Waals surface area contributed by atoms with Crippen LogP contribution in [-0.2, 0) is 11.3 Å². The van der Waals surface area contributed by atoms with Crippen molar-refractivity contribution >= 4 is 5.82 Å². The number of ether oxygens (including phenoxy) is 1. The lowest BCUT2D eigenvalue weighted by Gasteiger charge is -2.28. The van der Waals surface area contributed by atoms with Crippen LogP contribution in [0.1, 0.15) is 5.82 Å². The number of morpholine rings is 1. The Morgan fingerprint density at radius 1 is 1.53 bits per heavy atom. The van der Waals surface area contributed by atoms with Crippen LogP contribution in [0.2, 0.25) is 0 Å². The number of aliphatic hydroxyl groups excluding tert-OH is 1. The highest BCUT2D eigenvalue weighted by Gasteiger charge is 2.22. The van der Waals surface area contributed by atoms with Crippen LogP contribution in [-0.4, -0.2) is 63.4 Å². The Labute approximate surface area is 110 Å². The molecule has 0 bridgehead atoms. The predicted octanol–water partition coefficient (Wildman–Crippen LogP) is -0.207. The van der Waals surface area contributed by atoms with Gasteiger partial charge in [0.25, 0.3) is 0 Å². The maximum absolute atomic E-state index is 10.8. The van der Waals surface area contributed by atoms with Crippen LogP contribution in [0.5, 0.6) is 0 Å². The fourth-order valence-electron chi connectivity index (χ4n) is 2.18. The maximum Gasteiger partial charge on any atom is 0.342 e. The summed E-state index contributed by atoms with van der Waals surface area (Å²) in [5, 5.41) is 20.9. The third-order valence-electron chi connectivity index (χ3n) is 3.19. The van der Waals surface area contributed by atoms with Crippen molar-refractivity contribution in [1.29, 1.82) is 0 Å². The molecule has 2 rings (SSSR count). The number of aliphatic hydroxyl groups is 1. The minimum Gasteiger partial charge on any atom is -0.388 e. The number of hydrogen-bond donors (Lipinski definition) is 1. The van der Waals surface area contributed by atoms with Crippen molar-refractivity contribution in [2.24, 2.45) is 0 Å². The largest absolute Gasteiger partial charge is 0.388 e. The number of imidazole rings is 1. The van der Waals surface area contributed by atoms with E-state index < -0.39 is 11.0 Å². The van der Waals surface area contributed by atoms with Crippen molar-refractivity contribution in [3.05, 3.63) is 22.1 Å². The van der Waals surface area contributed by atoms with Crippen molar-refractivity contribution in [2.45, 2.75) is 19.6 Å². The second-order valence-electron chi connectivity index (χ2n) is 4.60. The molecule has 1 N–H and O–H groups in total. The van der Waals surface area contributed by atoms with Gasteiger partial charge in [-0.25, -0.2) is 9.55 Å². The normalized spacial score (nSPS) is 18.4. The molecule has 1 saturated heterocycles. The molecule has 0 spiro atoms. The molecule has 1 unspecified atom stereocenters. The van der Waals surface area contributed by atoms with Gasteiger partial charge >= 0.3 is 5.82 Å². The summed E-state index contributed by atoms with van der Waals surface area (Å²) in [5.41, 5.74) is 0. The van der Waals surface area contributed by atoms with Crippen molar-refractivity contribution in [1.82, 2.24) is 14.5 Å². The quantitative estimate of drug-likeness (QED) is 0.588. The molecule has 19 heavy (non-hydrogen) atoms. The maximum atomic E-state index is 10.8. The molecule has 2 heterocycles. The summed E-state index contributed by atoms with van der Waals surface area (Å²) in [6, 6.07) is 0. The zero-order valence-electron chi connectivity index (χ0n) is 10.9. The van der Waals surface area contributed by atoms with Gasteiger partial charge < -0.3 is 20.0 Å². The van der Waals surface area contributed by atoms with Gasteiger partial charge in [0.15, 0.2) is 5.82 Å². The van der Waals surface area contributed by atoms with E-state index in [0.717, 1.165) is 13.1 Å². The summed E-state index contributed by atoms with van der Waals surface area (Å²) < 4.78 is 6.66. The summed E-state index contributed by atoms with van der Waals surface area (Å²) in [5.74, 6) is 0.450. The number of rotatable bonds is 5. The molecular formula is C11H18N4O4. The Morgan fingerprint density at radius 3 is 2.84 bits per heavy atom. The Balaban J connectivity index is 1.96. The lowest BCUT2D eigenvalue weighted by Crippen LogP contribution is -2.42. The average Bonchev–Trinajstić information content (AvgIpc) is 2.72. The molecule has 0 aromatic carbocycles. The summed E-state index contributed by atoms with van der Waals surface area (Å²) in [6.07, 6.45) is 0.557. The van der Waals surface area contributed by atoms with Gasteiger partial charge in [-0.05, 0) is 4.92 Å². The first-order valence-corrected chi connectivity index (χ1v) is 6.22. The molecular weight excluding hydrogens is 252 g/mol. The van der Waals surface area contributed by atoms with Gasteiger partial charge in [0.05, 0.1) is 13.2 Å². The number of nitrogens with zero attached hydrogens (tertiary/aromatic N) is 4. The molecule has 1 aromatic rings. The van der Waals surface area contributed by atoms with Crippen molar-refractivity contribution in [2.75, 3.05) is 32.8 Å². The molecule has 8 heteroatoms. The van der Waals surface area contributed by atoms with E-state index in [-0.39, 0.29) is 12.4 Å². The van der Waals surface area contributed by atoms with Crippen LogP contribution in [0.4, 0.5) is 5.82 Å². The summed E-state index contributed by atoms with van der Waals surface area (Å²) in [4.78, 5) is 16.4. The molecule has 0 aliphatic carbocycles. The second-order valence-corrected chi connectivity index (χ2v) is 4.60. The molecule has 1 aliphatic heterocycles. The van der Waals surface area contributed by atoms with Gasteiger partial charge in [0, 0.05) is 26.6 Å². The van der Waals surface area contributed by atoms with E-state index in [1.165, 1.54) is 10.8 Å². The average molecular weight is 270 g/mol. The van der Waals surface area contributed by atoms with E-state index in [0.29, 0.717) is 25.6 Å². The van der Waals surface area contributed by atoms with Crippen LogP contribution in [0.25, 0.3) is 0 Å². The summed E-state index contributed by atoms with van der Waals surface area (Å²) in [7, 11) is 0. The zero-order valence-corrected chi connectivity index (χ0v) is 10.9. The number of aromatic nitrogens is 2. The smallest absolute Gasteiger partial charge is 0.342 e. The van der Waals surface area contributed by atoms with Crippen LogP contribution in [0, 0.1) is 17.0 Å². The van der Waals surface area contributed by atoms with Crippen molar-refractivity contribution in [3.63, 3.8) is 0 Å². The lowest BCUT2D eigenvalue weighted by atomic mass is 10.3. The second kappa shape index (κ2) is 6.09. The Morgan fingerprint density at radius 2 is 2.21 bits per heavy atom. The minimum absolute atomic E-state index is 0.0847. The highest BCUT2D eigenvalue weighted by molar-refractivity contribution is 5.18. The third kappa shape index (κ3) is 3.49. The third-order valence-corrected chi connectivity index (χ3v) is 3.19. The minimum atomic E-state index is -0.662. The number of β-amino-alcohol motifs (C(OH)–C–C–N with tert-alkyl or cyclic N) is 1. The van der Waals surface area contributed by atoms with E-state index in [2.05, 4.69) is 9.88 Å². The van der Waals surface area contributed by atoms with Crippen LogP contribution in [0.3, 0.4) is 0 Å². The molecule has 8 nitrogen and oxygen atoms in total. The van der Waals surface area contributed by atoms with Crippen LogP contribution < -0.4 is 0 Å². The monoisotopic (exact) mass is 270 g/mol. The Kier molecular flexibility index (Phi) is 4.46. The standard InChI is InChI=1S/C11H18N4O4/c1-9-12-6-11(15(17)18)14(9)8-10(16)7-13-2-4-19-5-3-13/h6,10,16H,2-5,7-8H2,1H3. The zero-order chi connectivity index (χ0) is 13.8. The molecule has 106 valence electrons. The molecule has 1 aromatic heterocycles. The topological polar surface area (TPSA) is 93.7 Å². The molecule has 1 aliphatic rings. The molecule has 0 amide bonds. The predicted molar refractivity (Wildman–Crippen MR) is 66.9 cm³/mol. The lowest BCUT2D eigenvalue weighted by molar-refractivity contribution is -0.392. The van der Waals surface area contributed by atoms with Gasteiger partial charge in [0.2, 0.25) is 0 Å². The fraction of sp³-hybridized carbons (Fsp3) is 0.727. The number of nitro groups is 1. The highest BCUT2D eigenvalue weighted by Crippen LogP contribution is 2.14. The van der Waals surface area contributed by atoms with Gasteiger partial charge in [0.1, 0.15) is 18.8 Å². The van der Waals surface area contributed by atoms with E-state index in [1.807, 2.05) is 0 Å². The number of aryl methyl sites for hydroxylation is 1. The van der Waals surface area contributed by atoms with Gasteiger partial charge in [-0.1, -0.05) is 0 Å². The molecule has 0 radical (unpaired) electrons. The Hall–Kier alpha value is -1.51. The van der Waals surface area contributed by atoms with Crippen LogP contribution in [0.15, 0.2) is 6.20 Å². The summed E-state index contributed by atoms with van der Waals surface area (Å²) >= 11 is 0. The first-order chi connectivity index (χ1) is 9.08. The van der Waals surface area contributed by atoms with Crippen LogP contribution >= 0.6 is 0 Å². The van der Waals surface area contributed by atoms with E-state index in [9.17, 15) is 15.2 Å². The highest BCUT2D eigenvalue weighted by atomic mass is 16.6. The van der Waals surface area contributed by atoms with Crippen molar-refractivity contribution in [3.8, 4) is 0 Å². The molecule has 1 fully saturated rings. The first-order valence-electron chi connectivity index (χ1n) is 6.22. The molecule has 0 saturated carbocycles. The fourth-order valence-corrected chi connectivity index (χ4v) is 2.18. The first kappa shape index (κ1) is 13.9. The van der Waals surface area contributed by atoms with Gasteiger partial charge in [-0.3, -0.25) is 4.90 Å². The van der Waals surface area contributed by atoms with E-state index in [1.54, 1.807) is 6.92 Å². The van der Waals surface area contributed by atoms with Crippen molar-refractivity contribution < 1.29 is 14.8 Å².